The van der Waals surface area contributed by atoms with Gasteiger partial charge in [0.05, 0.1) is 16.8 Å². The average Bonchev–Trinajstić information content (AvgIpc) is 2.48. The standard InChI is InChI=1S/C16H9Br2NO3/c17-8-1-3-13-10(5-8)11(16(21)22)7-14(19-13)12-6-9(18)2-4-15(12)20/h1-7,20H,(H,21,22). The fourth-order valence-electron chi connectivity index (χ4n) is 2.23. The second-order valence-electron chi connectivity index (χ2n) is 4.68. The maximum Gasteiger partial charge on any atom is 0.336 e. The number of hydrogen-bond acceptors (Lipinski definition) is 3. The van der Waals surface area contributed by atoms with Crippen LogP contribution in [0.2, 0.25) is 0 Å². The van der Waals surface area contributed by atoms with E-state index in [2.05, 4.69) is 36.8 Å². The van der Waals surface area contributed by atoms with Gasteiger partial charge in [-0.2, -0.15) is 0 Å². The highest BCUT2D eigenvalue weighted by Crippen LogP contribution is 2.33. The molecular weight excluding hydrogens is 414 g/mol. The van der Waals surface area contributed by atoms with Gasteiger partial charge in [-0.3, -0.25) is 0 Å². The zero-order chi connectivity index (χ0) is 15.9. The van der Waals surface area contributed by atoms with Crippen LogP contribution in [0.1, 0.15) is 10.4 Å². The minimum absolute atomic E-state index is 0.0449. The number of pyridine rings is 1. The summed E-state index contributed by atoms with van der Waals surface area (Å²) in [6.45, 7) is 0. The summed E-state index contributed by atoms with van der Waals surface area (Å²) in [5.41, 5.74) is 1.57. The molecule has 0 fully saturated rings. The molecule has 4 nitrogen and oxygen atoms in total. The van der Waals surface area contributed by atoms with Crippen LogP contribution in [0.15, 0.2) is 51.4 Å². The normalized spacial score (nSPS) is 10.8. The zero-order valence-corrected chi connectivity index (χ0v) is 14.2. The fraction of sp³-hybridized carbons (Fsp3) is 0. The van der Waals surface area contributed by atoms with E-state index < -0.39 is 5.97 Å². The predicted molar refractivity (Wildman–Crippen MR) is 91.2 cm³/mol. The number of carboxylic acids is 1. The van der Waals surface area contributed by atoms with Gasteiger partial charge in [0.25, 0.3) is 0 Å². The number of benzene rings is 2. The highest BCUT2D eigenvalue weighted by Gasteiger charge is 2.15. The lowest BCUT2D eigenvalue weighted by molar-refractivity contribution is 0.0699. The number of rotatable bonds is 2. The van der Waals surface area contributed by atoms with Crippen LogP contribution in [0, 0.1) is 0 Å². The third kappa shape index (κ3) is 2.71. The summed E-state index contributed by atoms with van der Waals surface area (Å²) < 4.78 is 1.55. The highest BCUT2D eigenvalue weighted by molar-refractivity contribution is 9.10. The monoisotopic (exact) mass is 421 g/mol. The van der Waals surface area contributed by atoms with Gasteiger partial charge in [-0.05, 0) is 42.5 Å². The van der Waals surface area contributed by atoms with Gasteiger partial charge in [0.1, 0.15) is 5.75 Å². The van der Waals surface area contributed by atoms with E-state index in [-0.39, 0.29) is 11.3 Å². The number of nitrogens with zero attached hydrogens (tertiary/aromatic N) is 1. The van der Waals surface area contributed by atoms with Crippen molar-refractivity contribution >= 4 is 48.7 Å². The Morgan fingerprint density at radius 2 is 1.68 bits per heavy atom. The van der Waals surface area contributed by atoms with Crippen molar-refractivity contribution in [2.24, 2.45) is 0 Å². The molecule has 0 unspecified atom stereocenters. The Kier molecular flexibility index (Phi) is 3.88. The molecule has 0 saturated carbocycles. The molecule has 0 aliphatic rings. The van der Waals surface area contributed by atoms with E-state index >= 15 is 0 Å². The minimum Gasteiger partial charge on any atom is -0.507 e. The van der Waals surface area contributed by atoms with Crippen molar-refractivity contribution in [3.8, 4) is 17.0 Å². The van der Waals surface area contributed by atoms with Crippen LogP contribution in [0.5, 0.6) is 5.75 Å². The van der Waals surface area contributed by atoms with Gasteiger partial charge in [-0.15, -0.1) is 0 Å². The molecule has 0 spiro atoms. The average molecular weight is 423 g/mol. The van der Waals surface area contributed by atoms with Crippen molar-refractivity contribution in [3.63, 3.8) is 0 Å². The van der Waals surface area contributed by atoms with Gasteiger partial charge in [-0.1, -0.05) is 31.9 Å². The Hall–Kier alpha value is -1.92. The maximum absolute atomic E-state index is 11.5. The van der Waals surface area contributed by atoms with Gasteiger partial charge < -0.3 is 10.2 Å². The number of hydrogen-bond donors (Lipinski definition) is 2. The first-order chi connectivity index (χ1) is 10.5. The predicted octanol–water partition coefficient (Wildman–Crippen LogP) is 4.83. The second-order valence-corrected chi connectivity index (χ2v) is 6.51. The molecule has 3 rings (SSSR count). The van der Waals surface area contributed by atoms with Crippen molar-refractivity contribution < 1.29 is 15.0 Å². The molecule has 1 aromatic heterocycles. The molecule has 0 aliphatic carbocycles. The summed E-state index contributed by atoms with van der Waals surface area (Å²) >= 11 is 6.67. The third-order valence-electron chi connectivity index (χ3n) is 3.24. The number of aromatic carboxylic acids is 1. The summed E-state index contributed by atoms with van der Waals surface area (Å²) in [6.07, 6.45) is 0. The molecule has 6 heteroatoms. The smallest absolute Gasteiger partial charge is 0.336 e. The van der Waals surface area contributed by atoms with Gasteiger partial charge in [0, 0.05) is 19.9 Å². The van der Waals surface area contributed by atoms with Crippen molar-refractivity contribution in [2.45, 2.75) is 0 Å². The lowest BCUT2D eigenvalue weighted by atomic mass is 10.0. The summed E-state index contributed by atoms with van der Waals surface area (Å²) in [6, 6.07) is 11.7. The number of carbonyl (C=O) groups is 1. The lowest BCUT2D eigenvalue weighted by Crippen LogP contribution is -2.00. The Morgan fingerprint density at radius 3 is 2.41 bits per heavy atom. The van der Waals surface area contributed by atoms with Crippen molar-refractivity contribution in [3.05, 3.63) is 57.0 Å². The molecule has 0 aliphatic heterocycles. The number of phenolic OH excluding ortho intramolecular Hbond substituents is 1. The number of halogens is 2. The summed E-state index contributed by atoms with van der Waals surface area (Å²) in [5.74, 6) is -0.996. The van der Waals surface area contributed by atoms with Crippen LogP contribution >= 0.6 is 31.9 Å². The molecule has 1 heterocycles. The number of carboxylic acid groups (broad SMARTS) is 1. The molecule has 0 bridgehead atoms. The Morgan fingerprint density at radius 1 is 1.00 bits per heavy atom. The molecule has 0 amide bonds. The van der Waals surface area contributed by atoms with E-state index in [1.165, 1.54) is 12.1 Å². The zero-order valence-electron chi connectivity index (χ0n) is 11.0. The van der Waals surface area contributed by atoms with Crippen molar-refractivity contribution in [1.82, 2.24) is 4.98 Å². The van der Waals surface area contributed by atoms with Crippen LogP contribution in [0.25, 0.3) is 22.2 Å². The molecular formula is C16H9Br2NO3. The molecule has 2 N–H and O–H groups in total. The number of phenols is 1. The quantitative estimate of drug-likeness (QED) is 0.620. The Bertz CT molecular complexity index is 909. The minimum atomic E-state index is -1.04. The second kappa shape index (κ2) is 5.70. The van der Waals surface area contributed by atoms with Crippen LogP contribution in [0.4, 0.5) is 0 Å². The van der Waals surface area contributed by atoms with Crippen LogP contribution < -0.4 is 0 Å². The first-order valence-corrected chi connectivity index (χ1v) is 7.87. The summed E-state index contributed by atoms with van der Waals surface area (Å²) in [4.78, 5) is 16.0. The van der Waals surface area contributed by atoms with E-state index in [9.17, 15) is 15.0 Å². The summed E-state index contributed by atoms with van der Waals surface area (Å²) in [7, 11) is 0. The van der Waals surface area contributed by atoms with Crippen LogP contribution in [0.3, 0.4) is 0 Å². The third-order valence-corrected chi connectivity index (χ3v) is 4.22. The van der Waals surface area contributed by atoms with E-state index in [1.807, 2.05) is 0 Å². The van der Waals surface area contributed by atoms with E-state index in [1.54, 1.807) is 30.3 Å². The fourth-order valence-corrected chi connectivity index (χ4v) is 2.95. The Balaban J connectivity index is 2.34. The SMILES string of the molecule is O=C(O)c1cc(-c2cc(Br)ccc2O)nc2ccc(Br)cc12. The van der Waals surface area contributed by atoms with E-state index in [0.717, 1.165) is 8.95 Å². The lowest BCUT2D eigenvalue weighted by Gasteiger charge is -2.09. The Labute approximate surface area is 142 Å². The number of fused-ring (bicyclic) bond motifs is 1. The van der Waals surface area contributed by atoms with Crippen LogP contribution in [-0.4, -0.2) is 21.2 Å². The first kappa shape index (κ1) is 15.0. The van der Waals surface area contributed by atoms with Crippen molar-refractivity contribution in [1.29, 1.82) is 0 Å². The summed E-state index contributed by atoms with van der Waals surface area (Å²) in [5, 5.41) is 20.0. The molecule has 0 radical (unpaired) electrons. The van der Waals surface area contributed by atoms with Gasteiger partial charge in [-0.25, -0.2) is 9.78 Å². The van der Waals surface area contributed by atoms with Gasteiger partial charge >= 0.3 is 5.97 Å². The van der Waals surface area contributed by atoms with E-state index in [0.29, 0.717) is 22.2 Å². The molecule has 3 aromatic rings. The van der Waals surface area contributed by atoms with E-state index in [4.69, 9.17) is 0 Å². The van der Waals surface area contributed by atoms with Crippen LogP contribution in [-0.2, 0) is 0 Å². The maximum atomic E-state index is 11.5. The molecule has 0 atom stereocenters. The molecule has 2 aromatic carbocycles. The first-order valence-electron chi connectivity index (χ1n) is 6.28. The van der Waals surface area contributed by atoms with Crippen molar-refractivity contribution in [2.75, 3.05) is 0 Å². The van der Waals surface area contributed by atoms with Gasteiger partial charge in [0.2, 0.25) is 0 Å². The molecule has 22 heavy (non-hydrogen) atoms. The number of aromatic hydroxyl groups is 1. The number of aromatic nitrogens is 1. The largest absolute Gasteiger partial charge is 0.507 e. The van der Waals surface area contributed by atoms with Gasteiger partial charge in [0.15, 0.2) is 0 Å². The highest BCUT2D eigenvalue weighted by atomic mass is 79.9. The molecule has 0 saturated heterocycles. The molecule has 110 valence electrons. The topological polar surface area (TPSA) is 70.4 Å².